The van der Waals surface area contributed by atoms with Crippen LogP contribution in [0.15, 0.2) is 36.5 Å². The zero-order valence-electron chi connectivity index (χ0n) is 11.1. The van der Waals surface area contributed by atoms with Gasteiger partial charge in [-0.05, 0) is 25.1 Å². The van der Waals surface area contributed by atoms with Gasteiger partial charge < -0.3 is 4.90 Å². The molecule has 1 heterocycles. The van der Waals surface area contributed by atoms with Gasteiger partial charge in [0.1, 0.15) is 6.07 Å². The van der Waals surface area contributed by atoms with Crippen LogP contribution in [0.1, 0.15) is 21.6 Å². The minimum absolute atomic E-state index is 0.301. The Bertz CT molecular complexity index is 707. The number of carbonyl (C=O) groups is 1. The second kappa shape index (κ2) is 5.72. The number of aromatic nitrogens is 1. The van der Waals surface area contributed by atoms with Crippen molar-refractivity contribution in [1.82, 2.24) is 4.98 Å². The van der Waals surface area contributed by atoms with Gasteiger partial charge in [0.05, 0.1) is 21.8 Å². The summed E-state index contributed by atoms with van der Waals surface area (Å²) >= 11 is 6.08. The molecule has 0 N–H and O–H groups in total. The summed E-state index contributed by atoms with van der Waals surface area (Å²) in [6.07, 6.45) is 1.45. The Kier molecular flexibility index (Phi) is 4.02. The molecule has 5 heteroatoms. The highest BCUT2D eigenvalue weighted by atomic mass is 35.5. The first-order chi connectivity index (χ1) is 9.54. The van der Waals surface area contributed by atoms with E-state index in [0.29, 0.717) is 21.8 Å². The molecule has 1 aromatic carbocycles. The molecule has 2 aromatic rings. The van der Waals surface area contributed by atoms with Gasteiger partial charge in [-0.1, -0.05) is 23.7 Å². The molecule has 0 spiro atoms. The van der Waals surface area contributed by atoms with Gasteiger partial charge in [-0.2, -0.15) is 5.26 Å². The van der Waals surface area contributed by atoms with E-state index < -0.39 is 0 Å². The van der Waals surface area contributed by atoms with Crippen LogP contribution in [0.3, 0.4) is 0 Å². The number of nitriles is 1. The second-order valence-corrected chi connectivity index (χ2v) is 4.71. The molecule has 0 bridgehead atoms. The molecule has 20 heavy (non-hydrogen) atoms. The molecule has 0 saturated heterocycles. The van der Waals surface area contributed by atoms with Gasteiger partial charge >= 0.3 is 0 Å². The summed E-state index contributed by atoms with van der Waals surface area (Å²) in [5, 5.41) is 9.44. The monoisotopic (exact) mass is 285 g/mol. The Morgan fingerprint density at radius 3 is 2.75 bits per heavy atom. The number of nitrogens with zero attached hydrogens (tertiary/aromatic N) is 3. The highest BCUT2D eigenvalue weighted by Crippen LogP contribution is 2.23. The van der Waals surface area contributed by atoms with Crippen molar-refractivity contribution in [2.45, 2.75) is 6.92 Å². The third-order valence-electron chi connectivity index (χ3n) is 2.91. The molecule has 4 nitrogen and oxygen atoms in total. The van der Waals surface area contributed by atoms with Crippen molar-refractivity contribution in [2.24, 2.45) is 0 Å². The number of aryl methyl sites for hydroxylation is 1. The number of anilines is 1. The van der Waals surface area contributed by atoms with E-state index in [2.05, 4.69) is 11.1 Å². The maximum Gasteiger partial charge on any atom is 0.261 e. The van der Waals surface area contributed by atoms with Crippen molar-refractivity contribution in [1.29, 1.82) is 5.26 Å². The molecule has 1 amide bonds. The maximum atomic E-state index is 12.4. The number of hydrogen-bond acceptors (Lipinski definition) is 3. The lowest BCUT2D eigenvalue weighted by Crippen LogP contribution is -2.27. The van der Waals surface area contributed by atoms with Crippen LogP contribution in [0.2, 0.25) is 5.02 Å². The molecular weight excluding hydrogens is 274 g/mol. The van der Waals surface area contributed by atoms with Crippen LogP contribution < -0.4 is 4.90 Å². The fraction of sp³-hybridized carbons (Fsp3) is 0.133. The minimum atomic E-state index is -0.301. The first-order valence-electron chi connectivity index (χ1n) is 5.94. The molecule has 0 radical (unpaired) electrons. The Morgan fingerprint density at radius 1 is 1.40 bits per heavy atom. The largest absolute Gasteiger partial charge is 0.310 e. The second-order valence-electron chi connectivity index (χ2n) is 4.30. The Labute approximate surface area is 122 Å². The van der Waals surface area contributed by atoms with Gasteiger partial charge in [0.2, 0.25) is 0 Å². The molecular formula is C15H12ClN3O. The van der Waals surface area contributed by atoms with Crippen LogP contribution in [0.4, 0.5) is 5.69 Å². The highest BCUT2D eigenvalue weighted by molar-refractivity contribution is 6.34. The smallest absolute Gasteiger partial charge is 0.261 e. The van der Waals surface area contributed by atoms with Gasteiger partial charge in [0.25, 0.3) is 5.91 Å². The zero-order chi connectivity index (χ0) is 14.7. The fourth-order valence-corrected chi connectivity index (χ4v) is 2.12. The van der Waals surface area contributed by atoms with Gasteiger partial charge in [0, 0.05) is 18.9 Å². The molecule has 0 fully saturated rings. The molecule has 0 atom stereocenters. The predicted molar refractivity (Wildman–Crippen MR) is 77.9 cm³/mol. The van der Waals surface area contributed by atoms with Crippen LogP contribution in [0, 0.1) is 18.3 Å². The maximum absolute atomic E-state index is 12.4. The van der Waals surface area contributed by atoms with Gasteiger partial charge in [0.15, 0.2) is 0 Å². The number of rotatable bonds is 2. The Balaban J connectivity index is 2.41. The first-order valence-corrected chi connectivity index (χ1v) is 6.31. The van der Waals surface area contributed by atoms with Crippen LogP contribution >= 0.6 is 11.6 Å². The van der Waals surface area contributed by atoms with Gasteiger partial charge in [-0.25, -0.2) is 0 Å². The molecule has 100 valence electrons. The van der Waals surface area contributed by atoms with Gasteiger partial charge in [-0.15, -0.1) is 0 Å². The Hall–Kier alpha value is -2.38. The van der Waals surface area contributed by atoms with Crippen molar-refractivity contribution in [3.8, 4) is 6.07 Å². The molecule has 1 aromatic heterocycles. The van der Waals surface area contributed by atoms with Crippen LogP contribution in [-0.4, -0.2) is 17.9 Å². The summed E-state index contributed by atoms with van der Waals surface area (Å²) in [5.74, 6) is -0.301. The van der Waals surface area contributed by atoms with E-state index in [1.807, 2.05) is 0 Å². The SMILES string of the molecule is Cc1cc(Cl)c(C(=O)N(C)c2ccccc2C#N)cn1. The Morgan fingerprint density at radius 2 is 2.10 bits per heavy atom. The summed E-state index contributed by atoms with van der Waals surface area (Å²) in [6.45, 7) is 1.80. The lowest BCUT2D eigenvalue weighted by molar-refractivity contribution is 0.0992. The molecule has 2 rings (SSSR count). The summed E-state index contributed by atoms with van der Waals surface area (Å²) in [4.78, 5) is 17.9. The van der Waals surface area contributed by atoms with E-state index in [1.54, 1.807) is 44.3 Å². The van der Waals surface area contributed by atoms with Crippen LogP contribution in [0.5, 0.6) is 0 Å². The van der Waals surface area contributed by atoms with Gasteiger partial charge in [-0.3, -0.25) is 9.78 Å². The van der Waals surface area contributed by atoms with Crippen molar-refractivity contribution in [3.05, 3.63) is 58.4 Å². The minimum Gasteiger partial charge on any atom is -0.310 e. The summed E-state index contributed by atoms with van der Waals surface area (Å²) in [6, 6.07) is 10.6. The lowest BCUT2D eigenvalue weighted by atomic mass is 10.1. The first kappa shape index (κ1) is 14.0. The quantitative estimate of drug-likeness (QED) is 0.851. The highest BCUT2D eigenvalue weighted by Gasteiger charge is 2.19. The number of hydrogen-bond donors (Lipinski definition) is 0. The van der Waals surface area contributed by atoms with E-state index in [9.17, 15) is 4.79 Å². The van der Waals surface area contributed by atoms with Crippen molar-refractivity contribution in [3.63, 3.8) is 0 Å². The summed E-state index contributed by atoms with van der Waals surface area (Å²) in [7, 11) is 1.61. The van der Waals surface area contributed by atoms with Crippen LogP contribution in [-0.2, 0) is 0 Å². The van der Waals surface area contributed by atoms with E-state index >= 15 is 0 Å². The van der Waals surface area contributed by atoms with Crippen molar-refractivity contribution in [2.75, 3.05) is 11.9 Å². The number of amides is 1. The van der Waals surface area contributed by atoms with Crippen LogP contribution in [0.25, 0.3) is 0 Å². The molecule has 0 saturated carbocycles. The number of pyridine rings is 1. The molecule has 0 aliphatic carbocycles. The average molecular weight is 286 g/mol. The zero-order valence-corrected chi connectivity index (χ0v) is 11.8. The van der Waals surface area contributed by atoms with Crippen molar-refractivity contribution >= 4 is 23.2 Å². The summed E-state index contributed by atoms with van der Waals surface area (Å²) < 4.78 is 0. The molecule has 0 unspecified atom stereocenters. The molecule has 0 aliphatic rings. The predicted octanol–water partition coefficient (Wildman–Crippen LogP) is 3.19. The topological polar surface area (TPSA) is 57.0 Å². The van der Waals surface area contributed by atoms with E-state index in [-0.39, 0.29) is 5.91 Å². The average Bonchev–Trinajstić information content (AvgIpc) is 2.45. The van der Waals surface area contributed by atoms with E-state index in [0.717, 1.165) is 5.69 Å². The standard InChI is InChI=1S/C15H12ClN3O/c1-10-7-13(16)12(9-18-10)15(20)19(2)14-6-4-3-5-11(14)8-17/h3-7,9H,1-2H3. The lowest BCUT2D eigenvalue weighted by Gasteiger charge is -2.19. The number of para-hydroxylation sites is 1. The van der Waals surface area contributed by atoms with E-state index in [1.165, 1.54) is 11.1 Å². The molecule has 0 aliphatic heterocycles. The van der Waals surface area contributed by atoms with Crippen molar-refractivity contribution < 1.29 is 4.79 Å². The number of benzene rings is 1. The summed E-state index contributed by atoms with van der Waals surface area (Å²) in [5.41, 5.74) is 2.02. The fourth-order valence-electron chi connectivity index (χ4n) is 1.83. The third kappa shape index (κ3) is 2.63. The normalized spacial score (nSPS) is 9.90. The number of carbonyl (C=O) groups excluding carboxylic acids is 1. The third-order valence-corrected chi connectivity index (χ3v) is 3.22. The van der Waals surface area contributed by atoms with E-state index in [4.69, 9.17) is 16.9 Å². The number of halogens is 1.